The van der Waals surface area contributed by atoms with E-state index in [4.69, 9.17) is 9.93 Å². The molecule has 0 fully saturated rings. The Morgan fingerprint density at radius 3 is 1.25 bits per heavy atom. The van der Waals surface area contributed by atoms with Crippen molar-refractivity contribution in [3.63, 3.8) is 0 Å². The molecule has 0 atom stereocenters. The molecule has 34 valence electrons. The molecule has 0 spiro atoms. The molecular formula is CH12O3. The molecule has 0 saturated carbocycles. The molecule has 3 nitrogen and oxygen atoms in total. The highest BCUT2D eigenvalue weighted by molar-refractivity contribution is 4.07. The van der Waals surface area contributed by atoms with Gasteiger partial charge < -0.3 is 5.48 Å². The fraction of sp³-hybridized carbons (Fsp3) is 1.00. The van der Waals surface area contributed by atoms with E-state index in [1.807, 2.05) is 0 Å². The number of hydrogen-bond donors (Lipinski definition) is 0. The van der Waals surface area contributed by atoms with Gasteiger partial charge in [-0.05, 0) is 0 Å². The minimum Gasteiger partial charge on any atom is -0.412 e. The Morgan fingerprint density at radius 2 is 1.25 bits per heavy atom. The monoisotopic (exact) mass is 72.1 g/mol. The van der Waals surface area contributed by atoms with Gasteiger partial charge in [0.25, 0.3) is 0 Å². The highest BCUT2D eigenvalue weighted by Gasteiger charge is 0.707. The molecule has 0 rings (SSSR count). The van der Waals surface area contributed by atoms with Crippen molar-refractivity contribution in [2.24, 2.45) is 0 Å². The molecule has 0 amide bonds. The van der Waals surface area contributed by atoms with Gasteiger partial charge in [0.1, 0.15) is 0 Å². The first-order valence-electron chi connectivity index (χ1n) is 0.167. The standard InChI is InChI=1S/CH4.O2.H2O.3H2/c;1-2;;;;/h1H4;;1H2;3*1H. The van der Waals surface area contributed by atoms with Crippen molar-refractivity contribution in [1.29, 1.82) is 0 Å². The quantitative estimate of drug-likeness (QED) is 0.421. The zero-order chi connectivity index (χ0) is 2.00. The molecule has 0 aromatic heterocycles. The molecular weight excluding hydrogens is 60.0 g/mol. The van der Waals surface area contributed by atoms with Crippen LogP contribution in [0.1, 0.15) is 11.7 Å². The molecule has 0 aliphatic rings. The van der Waals surface area contributed by atoms with Gasteiger partial charge in [0.05, 0.1) is 0 Å². The Bertz CT molecular complexity index is 10.1. The molecule has 0 heterocycles. The van der Waals surface area contributed by atoms with Crippen LogP contribution in [0, 0.1) is 9.93 Å². The molecule has 3 heteroatoms. The van der Waals surface area contributed by atoms with Crippen molar-refractivity contribution in [2.45, 2.75) is 7.43 Å². The summed E-state index contributed by atoms with van der Waals surface area (Å²) in [5, 5.41) is 0. The first kappa shape index (κ1) is 74.4. The summed E-state index contributed by atoms with van der Waals surface area (Å²) >= 11 is 0. The van der Waals surface area contributed by atoms with Crippen molar-refractivity contribution in [1.82, 2.24) is 0 Å². The van der Waals surface area contributed by atoms with Crippen molar-refractivity contribution in [2.75, 3.05) is 0 Å². The van der Waals surface area contributed by atoms with Gasteiger partial charge in [-0.3, -0.25) is 0 Å². The van der Waals surface area contributed by atoms with E-state index >= 15 is 0 Å². The van der Waals surface area contributed by atoms with Crippen LogP contribution in [-0.4, -0.2) is 5.48 Å². The summed E-state index contributed by atoms with van der Waals surface area (Å²) in [6, 6.07) is 0. The summed E-state index contributed by atoms with van der Waals surface area (Å²) in [7, 11) is 0. The molecule has 0 saturated heterocycles. The maximum atomic E-state index is 7.00. The van der Waals surface area contributed by atoms with E-state index in [-0.39, 0.29) is 17.2 Å². The average molecular weight is 72.1 g/mol. The topological polar surface area (TPSA) is 65.6 Å². The second-order valence-electron chi connectivity index (χ2n) is 0. The summed E-state index contributed by atoms with van der Waals surface area (Å²) in [5.74, 6) is 0. The van der Waals surface area contributed by atoms with Crippen molar-refractivity contribution in [3.05, 3.63) is 9.93 Å². The Balaban J connectivity index is -0.000000000500. The van der Waals surface area contributed by atoms with Gasteiger partial charge in [-0.1, -0.05) is 7.43 Å². The van der Waals surface area contributed by atoms with Crippen molar-refractivity contribution >= 4 is 0 Å². The van der Waals surface area contributed by atoms with Crippen LogP contribution in [0.3, 0.4) is 0 Å². The third-order valence-corrected chi connectivity index (χ3v) is 0. The minimum atomic E-state index is 0. The van der Waals surface area contributed by atoms with Crippen LogP contribution in [0.15, 0.2) is 0 Å². The van der Waals surface area contributed by atoms with E-state index in [2.05, 4.69) is 0 Å². The maximum absolute atomic E-state index is 7.00. The van der Waals surface area contributed by atoms with Crippen LogP contribution in [-0.2, 0) is 0 Å². The Morgan fingerprint density at radius 1 is 1.25 bits per heavy atom. The zero-order valence-corrected chi connectivity index (χ0v) is 1.32. The SMILES string of the molecule is C.O.O=O.[HH].[HH].[HH]. The molecule has 0 radical (unpaired) electrons. The first-order chi connectivity index (χ1) is 1.00. The zero-order valence-electron chi connectivity index (χ0n) is 1.32. The largest absolute Gasteiger partial charge is 0.412 e. The van der Waals surface area contributed by atoms with Crippen LogP contribution in [0.25, 0.3) is 0 Å². The summed E-state index contributed by atoms with van der Waals surface area (Å²) in [5.41, 5.74) is 0. The van der Waals surface area contributed by atoms with Crippen LogP contribution in [0.2, 0.25) is 0 Å². The first-order valence-corrected chi connectivity index (χ1v) is 0.167. The average Bonchev–Trinajstić information content (AvgIpc) is 1.00. The summed E-state index contributed by atoms with van der Waals surface area (Å²) in [6.07, 6.45) is 0. The van der Waals surface area contributed by atoms with Gasteiger partial charge in [-0.2, -0.15) is 0 Å². The van der Waals surface area contributed by atoms with E-state index < -0.39 is 0 Å². The maximum Gasteiger partial charge on any atom is 0 e. The van der Waals surface area contributed by atoms with Gasteiger partial charge in [0, 0.05) is 14.2 Å². The normalized spacial score (nSPS) is 1.00. The van der Waals surface area contributed by atoms with Crippen molar-refractivity contribution in [3.8, 4) is 0 Å². The van der Waals surface area contributed by atoms with E-state index in [0.717, 1.165) is 0 Å². The van der Waals surface area contributed by atoms with Gasteiger partial charge in [0.15, 0.2) is 0 Å². The summed E-state index contributed by atoms with van der Waals surface area (Å²) in [4.78, 5) is 14.0. The lowest BCUT2D eigenvalue weighted by Crippen LogP contribution is -0.674. The fourth-order valence-electron chi connectivity index (χ4n) is 0. The second-order valence-corrected chi connectivity index (χ2v) is 0. The predicted molar refractivity (Wildman–Crippen MR) is 23.4 cm³/mol. The third-order valence-electron chi connectivity index (χ3n) is 0. The Labute approximate surface area is 28.6 Å². The van der Waals surface area contributed by atoms with Crippen LogP contribution in [0.5, 0.6) is 0 Å². The van der Waals surface area contributed by atoms with Gasteiger partial charge >= 0.3 is 0 Å². The molecule has 4 heavy (non-hydrogen) atoms. The molecule has 0 aliphatic carbocycles. The van der Waals surface area contributed by atoms with Crippen LogP contribution in [0.4, 0.5) is 0 Å². The molecule has 2 N–H and O–H groups in total. The molecule has 0 bridgehead atoms. The summed E-state index contributed by atoms with van der Waals surface area (Å²) in [6.45, 7) is 0. The number of rotatable bonds is 0. The highest BCUT2D eigenvalue weighted by Crippen LogP contribution is 0.741. The van der Waals surface area contributed by atoms with Gasteiger partial charge in [-0.25, -0.2) is 0 Å². The third kappa shape index (κ3) is 2.53. The second kappa shape index (κ2) is 32.2. The van der Waals surface area contributed by atoms with E-state index in [1.54, 1.807) is 0 Å². The smallest absolute Gasteiger partial charge is 0 e. The van der Waals surface area contributed by atoms with E-state index in [1.165, 1.54) is 0 Å². The lowest BCUT2D eigenvalue weighted by atomic mass is 12.0. The molecule has 0 aromatic carbocycles. The molecule has 0 unspecified atom stereocenters. The fourth-order valence-corrected chi connectivity index (χ4v) is 0. The van der Waals surface area contributed by atoms with Crippen LogP contribution >= 0.6 is 0 Å². The lowest BCUT2D eigenvalue weighted by molar-refractivity contribution is 0.824. The van der Waals surface area contributed by atoms with Gasteiger partial charge in [0.2, 0.25) is 0 Å². The van der Waals surface area contributed by atoms with E-state index in [0.29, 0.717) is 0 Å². The van der Waals surface area contributed by atoms with Crippen molar-refractivity contribution < 1.29 is 9.76 Å². The highest BCUT2D eigenvalue weighted by atomic mass is 16.7. The number of hydrogen-bond acceptors (Lipinski definition) is 2. The minimum absolute atomic E-state index is 0. The predicted octanol–water partition coefficient (Wildman–Crippen LogP) is 0.616. The van der Waals surface area contributed by atoms with Gasteiger partial charge in [-0.15, -0.1) is 0 Å². The Hall–Kier alpha value is -0.440. The molecule has 0 aromatic rings. The lowest BCUT2D eigenvalue weighted by Gasteiger charge is -0.707. The molecule has 0 aliphatic heterocycles. The Kier molecular flexibility index (Phi) is 599. The van der Waals surface area contributed by atoms with Crippen LogP contribution < -0.4 is 0 Å². The summed E-state index contributed by atoms with van der Waals surface area (Å²) < 4.78 is 0. The van der Waals surface area contributed by atoms with E-state index in [9.17, 15) is 0 Å².